The highest BCUT2D eigenvalue weighted by molar-refractivity contribution is 7.91. The molecule has 3 aromatic carbocycles. The average Bonchev–Trinajstić information content (AvgIpc) is 2.75. The van der Waals surface area contributed by atoms with E-state index in [9.17, 15) is 22.4 Å². The van der Waals surface area contributed by atoms with Crippen LogP contribution in [0.4, 0.5) is 10.1 Å². The van der Waals surface area contributed by atoms with Gasteiger partial charge in [0.05, 0.1) is 16.3 Å². The molecule has 7 heteroatoms. The van der Waals surface area contributed by atoms with Gasteiger partial charge in [-0.2, -0.15) is 0 Å². The number of nitrogens with one attached hydrogen (secondary N) is 1. The molecule has 1 amide bonds. The van der Waals surface area contributed by atoms with Gasteiger partial charge in [0.15, 0.2) is 15.6 Å². The largest absolute Gasteiger partial charge is 0.325 e. The first-order chi connectivity index (χ1) is 14.8. The average molecular weight is 440 g/mol. The van der Waals surface area contributed by atoms with Gasteiger partial charge in [0.25, 0.3) is 0 Å². The van der Waals surface area contributed by atoms with Crippen molar-refractivity contribution in [1.29, 1.82) is 0 Å². The van der Waals surface area contributed by atoms with E-state index >= 15 is 0 Å². The highest BCUT2D eigenvalue weighted by atomic mass is 32.2. The zero-order valence-electron chi connectivity index (χ0n) is 17.0. The maximum atomic E-state index is 13.0. The standard InChI is InChI=1S/C24H22FNO4S/c1-17-9-14-22(21(16-17)24(28)18-6-3-2-4-7-18)26-23(27)8-5-15-31(29,30)20-12-10-19(25)11-13-20/h2-4,6-7,9-14,16H,5,8,15H2,1H3,(H,26,27). The number of benzene rings is 3. The fraction of sp³-hybridized carbons (Fsp3) is 0.167. The summed E-state index contributed by atoms with van der Waals surface area (Å²) >= 11 is 0. The molecule has 1 N–H and O–H groups in total. The lowest BCUT2D eigenvalue weighted by Crippen LogP contribution is -2.16. The number of sulfone groups is 1. The van der Waals surface area contributed by atoms with Crippen molar-refractivity contribution in [1.82, 2.24) is 0 Å². The summed E-state index contributed by atoms with van der Waals surface area (Å²) in [6.07, 6.45) is 0.0621. The summed E-state index contributed by atoms with van der Waals surface area (Å²) < 4.78 is 37.6. The molecule has 0 aliphatic rings. The Balaban J connectivity index is 1.66. The molecule has 0 heterocycles. The number of ketones is 1. The second-order valence-corrected chi connectivity index (χ2v) is 9.28. The fourth-order valence-corrected chi connectivity index (χ4v) is 4.41. The van der Waals surface area contributed by atoms with Crippen LogP contribution >= 0.6 is 0 Å². The molecule has 0 aliphatic heterocycles. The summed E-state index contributed by atoms with van der Waals surface area (Å²) in [5, 5.41) is 2.72. The van der Waals surface area contributed by atoms with Crippen molar-refractivity contribution < 1.29 is 22.4 Å². The highest BCUT2D eigenvalue weighted by Gasteiger charge is 2.18. The van der Waals surface area contributed by atoms with Crippen molar-refractivity contribution in [2.45, 2.75) is 24.7 Å². The number of hydrogen-bond acceptors (Lipinski definition) is 4. The Morgan fingerprint density at radius 2 is 1.61 bits per heavy atom. The van der Waals surface area contributed by atoms with Crippen LogP contribution in [0.2, 0.25) is 0 Å². The number of hydrogen-bond donors (Lipinski definition) is 1. The Morgan fingerprint density at radius 1 is 0.935 bits per heavy atom. The molecular formula is C24H22FNO4S. The highest BCUT2D eigenvalue weighted by Crippen LogP contribution is 2.22. The van der Waals surface area contributed by atoms with Gasteiger partial charge >= 0.3 is 0 Å². The van der Waals surface area contributed by atoms with Crippen LogP contribution in [0.15, 0.2) is 77.7 Å². The molecule has 31 heavy (non-hydrogen) atoms. The normalized spacial score (nSPS) is 11.2. The number of anilines is 1. The van der Waals surface area contributed by atoms with Gasteiger partial charge < -0.3 is 5.32 Å². The molecule has 0 fully saturated rings. The van der Waals surface area contributed by atoms with E-state index in [-0.39, 0.29) is 35.2 Å². The molecule has 0 saturated carbocycles. The SMILES string of the molecule is Cc1ccc(NC(=O)CCCS(=O)(=O)c2ccc(F)cc2)c(C(=O)c2ccccc2)c1. The zero-order valence-corrected chi connectivity index (χ0v) is 17.8. The van der Waals surface area contributed by atoms with E-state index < -0.39 is 15.7 Å². The van der Waals surface area contributed by atoms with Crippen LogP contribution in [0.3, 0.4) is 0 Å². The second kappa shape index (κ2) is 9.66. The molecule has 0 saturated heterocycles. The van der Waals surface area contributed by atoms with E-state index in [2.05, 4.69) is 5.32 Å². The lowest BCUT2D eigenvalue weighted by atomic mass is 9.99. The molecule has 0 aliphatic carbocycles. The van der Waals surface area contributed by atoms with Crippen LogP contribution in [-0.4, -0.2) is 25.9 Å². The van der Waals surface area contributed by atoms with E-state index in [1.165, 1.54) is 12.1 Å². The van der Waals surface area contributed by atoms with Crippen LogP contribution in [-0.2, 0) is 14.6 Å². The van der Waals surface area contributed by atoms with Crippen molar-refractivity contribution in [3.8, 4) is 0 Å². The topological polar surface area (TPSA) is 80.3 Å². The van der Waals surface area contributed by atoms with E-state index in [1.807, 2.05) is 13.0 Å². The first-order valence-corrected chi connectivity index (χ1v) is 11.4. The third kappa shape index (κ3) is 5.86. The van der Waals surface area contributed by atoms with Gasteiger partial charge in [0, 0.05) is 17.5 Å². The Labute approximate surface area is 180 Å². The Bertz CT molecular complexity index is 1190. The van der Waals surface area contributed by atoms with Gasteiger partial charge in [-0.25, -0.2) is 12.8 Å². The lowest BCUT2D eigenvalue weighted by Gasteiger charge is -2.12. The first-order valence-electron chi connectivity index (χ1n) is 9.75. The smallest absolute Gasteiger partial charge is 0.224 e. The van der Waals surface area contributed by atoms with E-state index in [1.54, 1.807) is 42.5 Å². The second-order valence-electron chi connectivity index (χ2n) is 7.17. The minimum absolute atomic E-state index is 0.0172. The van der Waals surface area contributed by atoms with Crippen LogP contribution < -0.4 is 5.32 Å². The monoisotopic (exact) mass is 439 g/mol. The van der Waals surface area contributed by atoms with Crippen LogP contribution in [0, 0.1) is 12.7 Å². The van der Waals surface area contributed by atoms with Gasteiger partial charge in [0.2, 0.25) is 5.91 Å². The molecule has 0 bridgehead atoms. The number of rotatable bonds is 8. The third-order valence-electron chi connectivity index (χ3n) is 4.72. The van der Waals surface area contributed by atoms with Gasteiger partial charge in [-0.05, 0) is 49.7 Å². The van der Waals surface area contributed by atoms with Crippen LogP contribution in [0.5, 0.6) is 0 Å². The number of amides is 1. The van der Waals surface area contributed by atoms with E-state index in [4.69, 9.17) is 0 Å². The van der Waals surface area contributed by atoms with E-state index in [0.29, 0.717) is 16.8 Å². The Hall–Kier alpha value is -3.32. The molecule has 3 rings (SSSR count). The van der Waals surface area contributed by atoms with Crippen LogP contribution in [0.1, 0.15) is 34.3 Å². The Kier molecular flexibility index (Phi) is 6.97. The van der Waals surface area contributed by atoms with Gasteiger partial charge in [0.1, 0.15) is 5.82 Å². The lowest BCUT2D eigenvalue weighted by molar-refractivity contribution is -0.116. The number of carbonyl (C=O) groups excluding carboxylic acids is 2. The molecule has 160 valence electrons. The molecule has 5 nitrogen and oxygen atoms in total. The molecular weight excluding hydrogens is 417 g/mol. The number of halogens is 1. The van der Waals surface area contributed by atoms with Crippen LogP contribution in [0.25, 0.3) is 0 Å². The van der Waals surface area contributed by atoms with Crippen molar-refractivity contribution in [3.63, 3.8) is 0 Å². The summed E-state index contributed by atoms with van der Waals surface area (Å²) in [5.74, 6) is -1.36. The molecule has 3 aromatic rings. The fourth-order valence-electron chi connectivity index (χ4n) is 3.10. The maximum absolute atomic E-state index is 13.0. The number of aryl methyl sites for hydroxylation is 1. The molecule has 0 unspecified atom stereocenters. The predicted molar refractivity (Wildman–Crippen MR) is 117 cm³/mol. The molecule has 0 radical (unpaired) electrons. The summed E-state index contributed by atoms with van der Waals surface area (Å²) in [6.45, 7) is 1.85. The van der Waals surface area contributed by atoms with Crippen molar-refractivity contribution in [3.05, 3.63) is 95.3 Å². The first kappa shape index (κ1) is 22.4. The minimum Gasteiger partial charge on any atom is -0.325 e. The van der Waals surface area contributed by atoms with E-state index in [0.717, 1.165) is 17.7 Å². The molecule has 0 spiro atoms. The maximum Gasteiger partial charge on any atom is 0.224 e. The predicted octanol–water partition coefficient (Wildman–Crippen LogP) is 4.56. The third-order valence-corrected chi connectivity index (χ3v) is 6.54. The van der Waals surface area contributed by atoms with Gasteiger partial charge in [-0.3, -0.25) is 9.59 Å². The minimum atomic E-state index is -3.61. The summed E-state index contributed by atoms with van der Waals surface area (Å²) in [6, 6.07) is 18.5. The van der Waals surface area contributed by atoms with Crippen molar-refractivity contribution >= 4 is 27.2 Å². The van der Waals surface area contributed by atoms with Gasteiger partial charge in [-0.1, -0.05) is 42.0 Å². The molecule has 0 atom stereocenters. The quantitative estimate of drug-likeness (QED) is 0.412. The zero-order chi connectivity index (χ0) is 22.4. The van der Waals surface area contributed by atoms with Crippen molar-refractivity contribution in [2.75, 3.05) is 11.1 Å². The van der Waals surface area contributed by atoms with Crippen molar-refractivity contribution in [2.24, 2.45) is 0 Å². The Morgan fingerprint density at radius 3 is 2.29 bits per heavy atom. The number of carbonyl (C=O) groups is 2. The summed E-state index contributed by atoms with van der Waals surface area (Å²) in [4.78, 5) is 25.3. The molecule has 0 aromatic heterocycles. The summed E-state index contributed by atoms with van der Waals surface area (Å²) in [5.41, 5.74) is 2.14. The summed E-state index contributed by atoms with van der Waals surface area (Å²) in [7, 11) is -3.61. The van der Waals surface area contributed by atoms with Gasteiger partial charge in [-0.15, -0.1) is 0 Å².